The van der Waals surface area contributed by atoms with Crippen LogP contribution in [0, 0.1) is 0 Å². The van der Waals surface area contributed by atoms with Gasteiger partial charge in [0.1, 0.15) is 17.4 Å². The van der Waals surface area contributed by atoms with Crippen molar-refractivity contribution in [1.82, 2.24) is 4.98 Å². The van der Waals surface area contributed by atoms with E-state index < -0.39 is 12.1 Å². The Labute approximate surface area is 157 Å². The average Bonchev–Trinajstić information content (AvgIpc) is 3.32. The van der Waals surface area contributed by atoms with E-state index in [9.17, 15) is 9.59 Å². The summed E-state index contributed by atoms with van der Waals surface area (Å²) in [6.07, 6.45) is -1.05. The zero-order valence-corrected chi connectivity index (χ0v) is 15.1. The topological polar surface area (TPSA) is 77.5 Å². The number of amides is 1. The number of ether oxygens (including phenoxy) is 2. The SMILES string of the molecule is O=C(C[C@@H]1Oc2ccccc2NC1=O)OCc1csc(-c2ccsc2)n1. The number of hydrogen-bond donors (Lipinski definition) is 1. The van der Waals surface area contributed by atoms with Gasteiger partial charge in [-0.15, -0.1) is 11.3 Å². The van der Waals surface area contributed by atoms with Crippen molar-refractivity contribution < 1.29 is 19.1 Å². The van der Waals surface area contributed by atoms with E-state index in [1.54, 1.807) is 35.6 Å². The molecule has 3 aromatic rings. The predicted octanol–water partition coefficient (Wildman–Crippen LogP) is 3.70. The van der Waals surface area contributed by atoms with Crippen molar-refractivity contribution >= 4 is 40.2 Å². The number of anilines is 1. The lowest BCUT2D eigenvalue weighted by Gasteiger charge is -2.25. The molecule has 4 rings (SSSR count). The van der Waals surface area contributed by atoms with Crippen molar-refractivity contribution in [3.63, 3.8) is 0 Å². The monoisotopic (exact) mass is 386 g/mol. The van der Waals surface area contributed by atoms with Crippen molar-refractivity contribution in [2.75, 3.05) is 5.32 Å². The summed E-state index contributed by atoms with van der Waals surface area (Å²) in [5.41, 5.74) is 2.35. The first kappa shape index (κ1) is 16.7. The number of rotatable bonds is 5. The molecule has 0 aliphatic carbocycles. The number of esters is 1. The highest BCUT2D eigenvalue weighted by molar-refractivity contribution is 7.14. The highest BCUT2D eigenvalue weighted by Gasteiger charge is 2.30. The Balaban J connectivity index is 1.33. The van der Waals surface area contributed by atoms with Crippen LogP contribution >= 0.6 is 22.7 Å². The number of nitrogens with zero attached hydrogens (tertiary/aromatic N) is 1. The Bertz CT molecular complexity index is 936. The second kappa shape index (κ2) is 7.27. The maximum absolute atomic E-state index is 12.1. The molecule has 1 aliphatic rings. The summed E-state index contributed by atoms with van der Waals surface area (Å²) < 4.78 is 10.8. The van der Waals surface area contributed by atoms with E-state index in [4.69, 9.17) is 9.47 Å². The van der Waals surface area contributed by atoms with Gasteiger partial charge in [0.15, 0.2) is 6.10 Å². The number of benzene rings is 1. The highest BCUT2D eigenvalue weighted by Crippen LogP contribution is 2.30. The van der Waals surface area contributed by atoms with Gasteiger partial charge >= 0.3 is 5.97 Å². The molecule has 1 aliphatic heterocycles. The van der Waals surface area contributed by atoms with Gasteiger partial charge in [-0.2, -0.15) is 11.3 Å². The summed E-state index contributed by atoms with van der Waals surface area (Å²) in [5, 5.41) is 9.49. The molecular weight excluding hydrogens is 372 g/mol. The molecule has 3 heterocycles. The lowest BCUT2D eigenvalue weighted by Crippen LogP contribution is -2.38. The Kier molecular flexibility index (Phi) is 4.68. The van der Waals surface area contributed by atoms with Crippen LogP contribution in [-0.4, -0.2) is 23.0 Å². The van der Waals surface area contributed by atoms with Crippen LogP contribution in [0.3, 0.4) is 0 Å². The largest absolute Gasteiger partial charge is 0.478 e. The molecule has 0 saturated heterocycles. The number of carbonyl (C=O) groups is 2. The molecule has 8 heteroatoms. The quantitative estimate of drug-likeness (QED) is 0.677. The van der Waals surface area contributed by atoms with Crippen LogP contribution in [0.5, 0.6) is 5.75 Å². The fourth-order valence-corrected chi connectivity index (χ4v) is 4.00. The molecule has 1 atom stereocenters. The second-order valence-electron chi connectivity index (χ2n) is 5.61. The minimum Gasteiger partial charge on any atom is -0.478 e. The van der Waals surface area contributed by atoms with Gasteiger partial charge in [-0.05, 0) is 23.6 Å². The molecule has 26 heavy (non-hydrogen) atoms. The number of hydrogen-bond acceptors (Lipinski definition) is 7. The number of nitrogens with one attached hydrogen (secondary N) is 1. The fourth-order valence-electron chi connectivity index (χ4n) is 2.48. The van der Waals surface area contributed by atoms with E-state index in [0.717, 1.165) is 10.6 Å². The van der Waals surface area contributed by atoms with Crippen molar-refractivity contribution in [2.45, 2.75) is 19.1 Å². The van der Waals surface area contributed by atoms with Gasteiger partial charge in [-0.3, -0.25) is 9.59 Å². The van der Waals surface area contributed by atoms with E-state index in [0.29, 0.717) is 17.1 Å². The summed E-state index contributed by atoms with van der Waals surface area (Å²) in [5.74, 6) is -0.312. The van der Waals surface area contributed by atoms with Crippen molar-refractivity contribution in [2.24, 2.45) is 0 Å². The molecule has 1 amide bonds. The van der Waals surface area contributed by atoms with Crippen LogP contribution in [0.2, 0.25) is 0 Å². The van der Waals surface area contributed by atoms with Gasteiger partial charge in [-0.25, -0.2) is 4.98 Å². The van der Waals surface area contributed by atoms with Gasteiger partial charge in [0.05, 0.1) is 17.8 Å². The van der Waals surface area contributed by atoms with Crippen LogP contribution in [0.15, 0.2) is 46.5 Å². The van der Waals surface area contributed by atoms with Gasteiger partial charge in [0.25, 0.3) is 5.91 Å². The first-order chi connectivity index (χ1) is 12.7. The molecule has 6 nitrogen and oxygen atoms in total. The molecule has 0 spiro atoms. The molecule has 2 aromatic heterocycles. The number of aromatic nitrogens is 1. The van der Waals surface area contributed by atoms with Crippen molar-refractivity contribution in [1.29, 1.82) is 0 Å². The normalized spacial score (nSPS) is 15.7. The number of carbonyl (C=O) groups excluding carboxylic acids is 2. The van der Waals surface area contributed by atoms with Gasteiger partial charge in [0, 0.05) is 16.3 Å². The summed E-state index contributed by atoms with van der Waals surface area (Å²) in [7, 11) is 0. The molecule has 0 unspecified atom stereocenters. The number of fused-ring (bicyclic) bond motifs is 1. The molecule has 0 bridgehead atoms. The van der Waals surface area contributed by atoms with E-state index in [1.165, 1.54) is 11.3 Å². The zero-order valence-electron chi connectivity index (χ0n) is 13.5. The second-order valence-corrected chi connectivity index (χ2v) is 7.25. The third-order valence-electron chi connectivity index (χ3n) is 3.76. The summed E-state index contributed by atoms with van der Waals surface area (Å²) in [6, 6.07) is 9.09. The van der Waals surface area contributed by atoms with E-state index in [1.807, 2.05) is 22.2 Å². The molecule has 0 fully saturated rings. The summed E-state index contributed by atoms with van der Waals surface area (Å²) in [4.78, 5) is 28.6. The molecule has 1 N–H and O–H groups in total. The smallest absolute Gasteiger partial charge is 0.310 e. The maximum atomic E-state index is 12.1. The van der Waals surface area contributed by atoms with Crippen molar-refractivity contribution in [3.8, 4) is 16.3 Å². The maximum Gasteiger partial charge on any atom is 0.310 e. The molecule has 132 valence electrons. The molecular formula is C18H14N2O4S2. The lowest BCUT2D eigenvalue weighted by atomic mass is 10.1. The number of thiazole rings is 1. The van der Waals surface area contributed by atoms with E-state index in [2.05, 4.69) is 10.3 Å². The van der Waals surface area contributed by atoms with Crippen LogP contribution in [0.1, 0.15) is 12.1 Å². The zero-order chi connectivity index (χ0) is 17.9. The van der Waals surface area contributed by atoms with Crippen molar-refractivity contribution in [3.05, 3.63) is 52.2 Å². The van der Waals surface area contributed by atoms with Crippen LogP contribution < -0.4 is 10.1 Å². The predicted molar refractivity (Wildman–Crippen MR) is 99.3 cm³/mol. The highest BCUT2D eigenvalue weighted by atomic mass is 32.1. The summed E-state index contributed by atoms with van der Waals surface area (Å²) in [6.45, 7) is 0.0738. The number of para-hydroxylation sites is 2. The minimum absolute atomic E-state index is 0.0738. The average molecular weight is 386 g/mol. The molecule has 1 aromatic carbocycles. The van der Waals surface area contributed by atoms with E-state index >= 15 is 0 Å². The Hall–Kier alpha value is -2.71. The van der Waals surface area contributed by atoms with E-state index in [-0.39, 0.29) is 18.9 Å². The third kappa shape index (κ3) is 3.61. The first-order valence-corrected chi connectivity index (χ1v) is 9.70. The van der Waals surface area contributed by atoms with Gasteiger partial charge in [-0.1, -0.05) is 12.1 Å². The third-order valence-corrected chi connectivity index (χ3v) is 5.38. The van der Waals surface area contributed by atoms with Crippen LogP contribution in [0.4, 0.5) is 5.69 Å². The Morgan fingerprint density at radius 1 is 1.27 bits per heavy atom. The first-order valence-electron chi connectivity index (χ1n) is 7.88. The number of thiophene rings is 1. The van der Waals surface area contributed by atoms with Crippen LogP contribution in [0.25, 0.3) is 10.6 Å². The molecule has 0 saturated carbocycles. The Morgan fingerprint density at radius 2 is 2.15 bits per heavy atom. The lowest BCUT2D eigenvalue weighted by molar-refractivity contribution is -0.149. The fraction of sp³-hybridized carbons (Fsp3) is 0.167. The standard InChI is InChI=1S/C18H14N2O4S2/c21-16(7-15-17(22)20-13-3-1-2-4-14(13)24-15)23-8-12-10-26-18(19-12)11-5-6-25-9-11/h1-6,9-10,15H,7-8H2,(H,20,22)/t15-/m0/s1. The summed E-state index contributed by atoms with van der Waals surface area (Å²) >= 11 is 3.11. The van der Waals surface area contributed by atoms with Crippen LogP contribution in [-0.2, 0) is 20.9 Å². The Morgan fingerprint density at radius 3 is 3.00 bits per heavy atom. The minimum atomic E-state index is -0.894. The van der Waals surface area contributed by atoms with Gasteiger partial charge in [0.2, 0.25) is 0 Å². The van der Waals surface area contributed by atoms with Gasteiger partial charge < -0.3 is 14.8 Å². The molecule has 0 radical (unpaired) electrons.